The molecule has 0 radical (unpaired) electrons. The maximum atomic E-state index is 11.7. The lowest BCUT2D eigenvalue weighted by molar-refractivity contribution is -0.120. The van der Waals surface area contributed by atoms with Gasteiger partial charge in [0.05, 0.1) is 12.6 Å². The minimum atomic E-state index is 0.0494. The van der Waals surface area contributed by atoms with Crippen molar-refractivity contribution in [3.05, 3.63) is 34.3 Å². The smallest absolute Gasteiger partial charge is 0.234 e. The highest BCUT2D eigenvalue weighted by Gasteiger charge is 2.20. The number of halogens is 1. The van der Waals surface area contributed by atoms with Gasteiger partial charge in [0.25, 0.3) is 0 Å². The molecular weight excluding hydrogens is 292 g/mol. The van der Waals surface area contributed by atoms with Crippen LogP contribution in [0.2, 0.25) is 0 Å². The van der Waals surface area contributed by atoms with E-state index >= 15 is 0 Å². The fourth-order valence-corrected chi connectivity index (χ4v) is 2.10. The zero-order chi connectivity index (χ0) is 13.0. The monoisotopic (exact) mass is 310 g/mol. The van der Waals surface area contributed by atoms with Crippen molar-refractivity contribution in [2.45, 2.75) is 25.8 Å². The molecule has 1 saturated carbocycles. The van der Waals surface area contributed by atoms with Gasteiger partial charge < -0.3 is 10.6 Å². The first-order valence-electron chi connectivity index (χ1n) is 6.40. The van der Waals surface area contributed by atoms with Crippen molar-refractivity contribution in [1.29, 1.82) is 0 Å². The van der Waals surface area contributed by atoms with Crippen LogP contribution in [0.1, 0.15) is 31.4 Å². The molecule has 2 N–H and O–H groups in total. The Morgan fingerprint density at radius 2 is 2.06 bits per heavy atom. The van der Waals surface area contributed by atoms with Crippen molar-refractivity contribution >= 4 is 21.8 Å². The second-order valence-electron chi connectivity index (χ2n) is 4.92. The summed E-state index contributed by atoms with van der Waals surface area (Å²) in [6, 6.07) is 8.07. The number of nitrogens with one attached hydrogen (secondary N) is 2. The zero-order valence-electron chi connectivity index (χ0n) is 10.6. The maximum Gasteiger partial charge on any atom is 0.234 e. The molecule has 1 atom stereocenters. The topological polar surface area (TPSA) is 41.1 Å². The molecular formula is C14H19BrN2O. The first-order chi connectivity index (χ1) is 8.65. The van der Waals surface area contributed by atoms with E-state index in [1.54, 1.807) is 0 Å². The summed E-state index contributed by atoms with van der Waals surface area (Å²) in [6.07, 6.45) is 2.62. The molecule has 3 nitrogen and oxygen atoms in total. The lowest BCUT2D eigenvalue weighted by Gasteiger charge is -2.14. The molecule has 98 valence electrons. The van der Waals surface area contributed by atoms with E-state index in [1.165, 1.54) is 12.8 Å². The van der Waals surface area contributed by atoms with Crippen LogP contribution in [0.5, 0.6) is 0 Å². The molecule has 0 spiro atoms. The summed E-state index contributed by atoms with van der Waals surface area (Å²) in [6.45, 7) is 3.39. The number of amides is 1. The molecule has 0 unspecified atom stereocenters. The largest absolute Gasteiger partial charge is 0.348 e. The van der Waals surface area contributed by atoms with Gasteiger partial charge in [-0.1, -0.05) is 28.1 Å². The fourth-order valence-electron chi connectivity index (χ4n) is 1.84. The summed E-state index contributed by atoms with van der Waals surface area (Å²) < 4.78 is 1.05. The molecule has 1 aliphatic carbocycles. The average Bonchev–Trinajstić information content (AvgIpc) is 3.13. The van der Waals surface area contributed by atoms with Gasteiger partial charge in [0, 0.05) is 4.47 Å². The first-order valence-corrected chi connectivity index (χ1v) is 7.20. The van der Waals surface area contributed by atoms with E-state index < -0.39 is 0 Å². The van der Waals surface area contributed by atoms with Gasteiger partial charge >= 0.3 is 0 Å². The zero-order valence-corrected chi connectivity index (χ0v) is 12.2. The number of rotatable bonds is 6. The number of benzene rings is 1. The second kappa shape index (κ2) is 6.34. The molecule has 2 rings (SSSR count). The first kappa shape index (κ1) is 13.6. The van der Waals surface area contributed by atoms with Gasteiger partial charge in [0.1, 0.15) is 0 Å². The molecule has 1 aromatic carbocycles. The standard InChI is InChI=1S/C14H19BrN2O/c1-10(12-4-6-13(15)7-5-12)17-14(18)9-16-8-11-2-3-11/h4-7,10-11,16H,2-3,8-9H2,1H3,(H,17,18)/t10-/m1/s1. The quantitative estimate of drug-likeness (QED) is 0.848. The van der Waals surface area contributed by atoms with Crippen molar-refractivity contribution in [2.75, 3.05) is 13.1 Å². The van der Waals surface area contributed by atoms with E-state index in [2.05, 4.69) is 26.6 Å². The van der Waals surface area contributed by atoms with Crippen molar-refractivity contribution in [3.8, 4) is 0 Å². The van der Waals surface area contributed by atoms with Gasteiger partial charge in [-0.25, -0.2) is 0 Å². The van der Waals surface area contributed by atoms with Gasteiger partial charge in [0.2, 0.25) is 5.91 Å². The van der Waals surface area contributed by atoms with Crippen LogP contribution in [0.4, 0.5) is 0 Å². The average molecular weight is 311 g/mol. The van der Waals surface area contributed by atoms with Crippen LogP contribution < -0.4 is 10.6 Å². The van der Waals surface area contributed by atoms with Gasteiger partial charge in [0.15, 0.2) is 0 Å². The van der Waals surface area contributed by atoms with Crippen molar-refractivity contribution in [3.63, 3.8) is 0 Å². The minimum absolute atomic E-state index is 0.0494. The molecule has 0 bridgehead atoms. The highest BCUT2D eigenvalue weighted by atomic mass is 79.9. The van der Waals surface area contributed by atoms with Crippen molar-refractivity contribution < 1.29 is 4.79 Å². The Kier molecular flexibility index (Phi) is 4.78. The van der Waals surface area contributed by atoms with E-state index in [0.717, 1.165) is 22.5 Å². The summed E-state index contributed by atoms with van der Waals surface area (Å²) >= 11 is 3.40. The summed E-state index contributed by atoms with van der Waals surface area (Å²) in [7, 11) is 0. The summed E-state index contributed by atoms with van der Waals surface area (Å²) in [5.74, 6) is 0.868. The van der Waals surface area contributed by atoms with Crippen LogP contribution in [-0.2, 0) is 4.79 Å². The van der Waals surface area contributed by atoms with Gasteiger partial charge in [-0.05, 0) is 49.9 Å². The molecule has 4 heteroatoms. The van der Waals surface area contributed by atoms with E-state index in [4.69, 9.17) is 0 Å². The Balaban J connectivity index is 1.73. The van der Waals surface area contributed by atoms with E-state index in [0.29, 0.717) is 6.54 Å². The van der Waals surface area contributed by atoms with Gasteiger partial charge in [-0.15, -0.1) is 0 Å². The van der Waals surface area contributed by atoms with Crippen LogP contribution in [0.15, 0.2) is 28.7 Å². The highest BCUT2D eigenvalue weighted by molar-refractivity contribution is 9.10. The molecule has 1 amide bonds. The van der Waals surface area contributed by atoms with E-state index in [-0.39, 0.29) is 11.9 Å². The predicted molar refractivity (Wildman–Crippen MR) is 76.3 cm³/mol. The third kappa shape index (κ3) is 4.42. The van der Waals surface area contributed by atoms with Gasteiger partial charge in [-0.3, -0.25) is 4.79 Å². The SMILES string of the molecule is C[C@@H](NC(=O)CNCC1CC1)c1ccc(Br)cc1. The van der Waals surface area contributed by atoms with Gasteiger partial charge in [-0.2, -0.15) is 0 Å². The number of carbonyl (C=O) groups excluding carboxylic acids is 1. The van der Waals surface area contributed by atoms with Crippen molar-refractivity contribution in [2.24, 2.45) is 5.92 Å². The summed E-state index contributed by atoms with van der Waals surface area (Å²) in [5, 5.41) is 6.19. The predicted octanol–water partition coefficient (Wildman–Crippen LogP) is 2.63. The maximum absolute atomic E-state index is 11.7. The van der Waals surface area contributed by atoms with Crippen molar-refractivity contribution in [1.82, 2.24) is 10.6 Å². The number of carbonyl (C=O) groups is 1. The Morgan fingerprint density at radius 3 is 2.67 bits per heavy atom. The molecule has 1 aromatic rings. The third-order valence-corrected chi connectivity index (χ3v) is 3.69. The van der Waals surface area contributed by atoms with E-state index in [1.807, 2.05) is 31.2 Å². The van der Waals surface area contributed by atoms with E-state index in [9.17, 15) is 4.79 Å². The molecule has 0 heterocycles. The van der Waals surface area contributed by atoms with Crippen LogP contribution in [0, 0.1) is 5.92 Å². The summed E-state index contributed by atoms with van der Waals surface area (Å²) in [5.41, 5.74) is 1.12. The third-order valence-electron chi connectivity index (χ3n) is 3.16. The Labute approximate surface area is 116 Å². The molecule has 0 aliphatic heterocycles. The van der Waals surface area contributed by atoms with Crippen LogP contribution >= 0.6 is 15.9 Å². The normalized spacial score (nSPS) is 16.3. The Morgan fingerprint density at radius 1 is 1.39 bits per heavy atom. The Hall–Kier alpha value is -0.870. The Bertz CT molecular complexity index is 401. The number of hydrogen-bond acceptors (Lipinski definition) is 2. The second-order valence-corrected chi connectivity index (χ2v) is 5.83. The number of hydrogen-bond donors (Lipinski definition) is 2. The fraction of sp³-hybridized carbons (Fsp3) is 0.500. The minimum Gasteiger partial charge on any atom is -0.348 e. The molecule has 18 heavy (non-hydrogen) atoms. The lowest BCUT2D eigenvalue weighted by atomic mass is 10.1. The summed E-state index contributed by atoms with van der Waals surface area (Å²) in [4.78, 5) is 11.7. The highest BCUT2D eigenvalue weighted by Crippen LogP contribution is 2.27. The molecule has 1 fully saturated rings. The lowest BCUT2D eigenvalue weighted by Crippen LogP contribution is -2.36. The molecule has 0 aromatic heterocycles. The van der Waals surface area contributed by atoms with Crippen LogP contribution in [-0.4, -0.2) is 19.0 Å². The molecule has 0 saturated heterocycles. The van der Waals surface area contributed by atoms with Crippen LogP contribution in [0.3, 0.4) is 0 Å². The molecule has 1 aliphatic rings. The van der Waals surface area contributed by atoms with Crippen LogP contribution in [0.25, 0.3) is 0 Å².